The molecular formula is C23H18FN3O3. The second-order valence-electron chi connectivity index (χ2n) is 6.62. The number of nitrogens with one attached hydrogen (secondary N) is 1. The maximum atomic E-state index is 13.3. The number of halogens is 1. The normalized spacial score (nSPS) is 10.7. The van der Waals surface area contributed by atoms with E-state index in [2.05, 4.69) is 10.3 Å². The molecule has 1 N–H and O–H groups in total. The number of anilines is 1. The molecule has 30 heavy (non-hydrogen) atoms. The molecule has 0 aliphatic carbocycles. The minimum absolute atomic E-state index is 0.274. The monoisotopic (exact) mass is 403 g/mol. The average Bonchev–Trinajstić information content (AvgIpc) is 2.78. The lowest BCUT2D eigenvalue weighted by Gasteiger charge is -2.15. The van der Waals surface area contributed by atoms with Crippen molar-refractivity contribution in [1.29, 1.82) is 0 Å². The molecule has 0 amide bonds. The molecule has 0 aliphatic rings. The van der Waals surface area contributed by atoms with E-state index in [1.165, 1.54) is 23.8 Å². The van der Waals surface area contributed by atoms with Crippen molar-refractivity contribution in [2.45, 2.75) is 6.54 Å². The largest absolute Gasteiger partial charge is 0.465 e. The predicted molar refractivity (Wildman–Crippen MR) is 112 cm³/mol. The van der Waals surface area contributed by atoms with E-state index in [-0.39, 0.29) is 11.4 Å². The molecule has 0 fully saturated rings. The van der Waals surface area contributed by atoms with Crippen LogP contribution in [0.25, 0.3) is 16.6 Å². The Bertz CT molecular complexity index is 1280. The lowest BCUT2D eigenvalue weighted by molar-refractivity contribution is 0.0600. The quantitative estimate of drug-likeness (QED) is 0.511. The number of para-hydroxylation sites is 1. The summed E-state index contributed by atoms with van der Waals surface area (Å²) in [4.78, 5) is 29.8. The van der Waals surface area contributed by atoms with Crippen molar-refractivity contribution in [2.24, 2.45) is 0 Å². The summed E-state index contributed by atoms with van der Waals surface area (Å²) in [5.41, 5.74) is 1.89. The lowest BCUT2D eigenvalue weighted by Crippen LogP contribution is -2.24. The number of nitrogens with zero attached hydrogens (tertiary/aromatic N) is 2. The molecule has 0 atom stereocenters. The number of ether oxygens (including phenoxy) is 1. The Morgan fingerprint density at radius 1 is 1.07 bits per heavy atom. The van der Waals surface area contributed by atoms with Gasteiger partial charge in [0.05, 0.1) is 29.3 Å². The van der Waals surface area contributed by atoms with Crippen LogP contribution >= 0.6 is 0 Å². The minimum atomic E-state index is -0.500. The Morgan fingerprint density at radius 2 is 1.83 bits per heavy atom. The number of methoxy groups -OCH3 is 1. The van der Waals surface area contributed by atoms with Gasteiger partial charge in [0.25, 0.3) is 5.56 Å². The summed E-state index contributed by atoms with van der Waals surface area (Å²) in [5.74, 6) is -0.511. The van der Waals surface area contributed by atoms with Crippen molar-refractivity contribution in [1.82, 2.24) is 9.55 Å². The summed E-state index contributed by atoms with van der Waals surface area (Å²) in [6.45, 7) is 0.335. The summed E-state index contributed by atoms with van der Waals surface area (Å²) in [7, 11) is 1.30. The summed E-state index contributed by atoms with van der Waals surface area (Å²) >= 11 is 0. The molecule has 1 aromatic heterocycles. The number of benzene rings is 3. The molecule has 4 rings (SSSR count). The third-order valence-corrected chi connectivity index (χ3v) is 4.67. The van der Waals surface area contributed by atoms with Gasteiger partial charge in [-0.3, -0.25) is 4.79 Å². The Balaban J connectivity index is 1.83. The van der Waals surface area contributed by atoms with E-state index in [1.54, 1.807) is 60.7 Å². The first-order valence-electron chi connectivity index (χ1n) is 9.25. The minimum Gasteiger partial charge on any atom is -0.465 e. The van der Waals surface area contributed by atoms with Crippen molar-refractivity contribution in [3.05, 3.63) is 100 Å². The fourth-order valence-corrected chi connectivity index (χ4v) is 3.16. The number of aromatic nitrogens is 2. The van der Waals surface area contributed by atoms with Crippen molar-refractivity contribution in [3.63, 3.8) is 0 Å². The van der Waals surface area contributed by atoms with Gasteiger partial charge in [0.1, 0.15) is 5.82 Å². The van der Waals surface area contributed by atoms with Gasteiger partial charge >= 0.3 is 5.97 Å². The van der Waals surface area contributed by atoms with Gasteiger partial charge in [0.15, 0.2) is 0 Å². The highest BCUT2D eigenvalue weighted by atomic mass is 19.1. The number of carbonyl (C=O) groups is 1. The Kier molecular flexibility index (Phi) is 5.26. The number of rotatable bonds is 5. The van der Waals surface area contributed by atoms with E-state index >= 15 is 0 Å². The third-order valence-electron chi connectivity index (χ3n) is 4.67. The maximum Gasteiger partial charge on any atom is 0.337 e. The molecule has 0 radical (unpaired) electrons. The highest BCUT2D eigenvalue weighted by Gasteiger charge is 2.14. The first-order chi connectivity index (χ1) is 14.6. The van der Waals surface area contributed by atoms with E-state index in [0.717, 1.165) is 5.56 Å². The van der Waals surface area contributed by atoms with Gasteiger partial charge in [-0.1, -0.05) is 30.3 Å². The predicted octanol–water partition coefficient (Wildman–Crippen LogP) is 3.92. The third kappa shape index (κ3) is 3.77. The molecule has 0 spiro atoms. The first-order valence-corrected chi connectivity index (χ1v) is 9.25. The standard InChI is InChI=1S/C23H18FN3O3/c1-30-22(29)16-5-4-6-18(13-16)27-21(28)19-7-2-3-8-20(19)26-23(27)25-14-15-9-11-17(24)12-10-15/h2-13H,14H2,1H3,(H,25,26). The van der Waals surface area contributed by atoms with Crippen LogP contribution in [0.2, 0.25) is 0 Å². The summed E-state index contributed by atoms with van der Waals surface area (Å²) in [6.07, 6.45) is 0. The molecule has 0 unspecified atom stereocenters. The van der Waals surface area contributed by atoms with Crippen molar-refractivity contribution in [2.75, 3.05) is 12.4 Å². The molecule has 0 saturated carbocycles. The highest BCUT2D eigenvalue weighted by Crippen LogP contribution is 2.18. The van der Waals surface area contributed by atoms with Crippen LogP contribution in [0.5, 0.6) is 0 Å². The molecular weight excluding hydrogens is 385 g/mol. The zero-order valence-electron chi connectivity index (χ0n) is 16.1. The van der Waals surface area contributed by atoms with Gasteiger partial charge in [0.2, 0.25) is 5.95 Å². The van der Waals surface area contributed by atoms with Crippen LogP contribution in [0.15, 0.2) is 77.6 Å². The van der Waals surface area contributed by atoms with Gasteiger partial charge in [-0.25, -0.2) is 18.7 Å². The molecule has 150 valence electrons. The van der Waals surface area contributed by atoms with Gasteiger partial charge in [-0.15, -0.1) is 0 Å². The van der Waals surface area contributed by atoms with Crippen LogP contribution in [0.3, 0.4) is 0 Å². The van der Waals surface area contributed by atoms with Crippen LogP contribution in [-0.4, -0.2) is 22.6 Å². The zero-order valence-corrected chi connectivity index (χ0v) is 16.1. The molecule has 4 aromatic rings. The van der Waals surface area contributed by atoms with Crippen LogP contribution < -0.4 is 10.9 Å². The molecule has 1 heterocycles. The first kappa shape index (κ1) is 19.3. The number of carbonyl (C=O) groups excluding carboxylic acids is 1. The molecule has 7 heteroatoms. The van der Waals surface area contributed by atoms with Crippen LogP contribution in [0.1, 0.15) is 15.9 Å². The SMILES string of the molecule is COC(=O)c1cccc(-n2c(NCc3ccc(F)cc3)nc3ccccc3c2=O)c1. The Labute approximate surface area is 171 Å². The summed E-state index contributed by atoms with van der Waals surface area (Å²) in [6, 6.07) is 19.7. The Hall–Kier alpha value is -4.00. The van der Waals surface area contributed by atoms with E-state index in [1.807, 2.05) is 0 Å². The Morgan fingerprint density at radius 3 is 2.60 bits per heavy atom. The highest BCUT2D eigenvalue weighted by molar-refractivity contribution is 5.90. The maximum absolute atomic E-state index is 13.3. The van der Waals surface area contributed by atoms with E-state index in [4.69, 9.17) is 4.74 Å². The summed E-state index contributed by atoms with van der Waals surface area (Å²) in [5, 5.41) is 3.61. The van der Waals surface area contributed by atoms with Crippen molar-refractivity contribution in [3.8, 4) is 5.69 Å². The number of hydrogen-bond acceptors (Lipinski definition) is 5. The fourth-order valence-electron chi connectivity index (χ4n) is 3.16. The zero-order chi connectivity index (χ0) is 21.1. The number of hydrogen-bond donors (Lipinski definition) is 1. The summed E-state index contributed by atoms with van der Waals surface area (Å²) < 4.78 is 19.4. The fraction of sp³-hybridized carbons (Fsp3) is 0.0870. The average molecular weight is 403 g/mol. The number of fused-ring (bicyclic) bond motifs is 1. The van der Waals surface area contributed by atoms with Crippen LogP contribution in [0.4, 0.5) is 10.3 Å². The van der Waals surface area contributed by atoms with E-state index in [9.17, 15) is 14.0 Å². The second-order valence-corrected chi connectivity index (χ2v) is 6.62. The van der Waals surface area contributed by atoms with Gasteiger partial charge in [-0.2, -0.15) is 0 Å². The van der Waals surface area contributed by atoms with Crippen molar-refractivity contribution < 1.29 is 13.9 Å². The molecule has 3 aromatic carbocycles. The molecule has 6 nitrogen and oxygen atoms in total. The van der Waals surface area contributed by atoms with Crippen LogP contribution in [-0.2, 0) is 11.3 Å². The topological polar surface area (TPSA) is 73.2 Å². The second kappa shape index (κ2) is 8.16. The van der Waals surface area contributed by atoms with E-state index in [0.29, 0.717) is 34.6 Å². The van der Waals surface area contributed by atoms with Gasteiger partial charge in [-0.05, 0) is 48.0 Å². The molecule has 0 saturated heterocycles. The van der Waals surface area contributed by atoms with Crippen molar-refractivity contribution >= 4 is 22.8 Å². The molecule has 0 bridgehead atoms. The smallest absolute Gasteiger partial charge is 0.337 e. The van der Waals surface area contributed by atoms with E-state index < -0.39 is 5.97 Å². The van der Waals surface area contributed by atoms with Gasteiger partial charge < -0.3 is 10.1 Å². The lowest BCUT2D eigenvalue weighted by atomic mass is 10.2. The molecule has 0 aliphatic heterocycles. The number of esters is 1. The van der Waals surface area contributed by atoms with Crippen LogP contribution in [0, 0.1) is 5.82 Å². The van der Waals surface area contributed by atoms with Gasteiger partial charge in [0, 0.05) is 6.54 Å².